The molecular weight excluding hydrogens is 240 g/mol. The molecule has 0 fully saturated rings. The van der Waals surface area contributed by atoms with Crippen LogP contribution in [0.25, 0.3) is 0 Å². The summed E-state index contributed by atoms with van der Waals surface area (Å²) in [6.45, 7) is 0. The third-order valence-corrected chi connectivity index (χ3v) is 2.45. The fraction of sp³-hybridized carbons (Fsp3) is 0. The molecule has 3 nitrogen and oxygen atoms in total. The third kappa shape index (κ3) is 2.77. The second kappa shape index (κ2) is 4.89. The fourth-order valence-electron chi connectivity index (χ4n) is 1.33. The van der Waals surface area contributed by atoms with Crippen molar-refractivity contribution in [3.05, 3.63) is 59.1 Å². The topological polar surface area (TPSA) is 46.5 Å². The van der Waals surface area contributed by atoms with Crippen molar-refractivity contribution in [2.75, 3.05) is 0 Å². The number of carbonyl (C=O) groups is 1. The molecule has 0 saturated carbocycles. The first-order valence-electron chi connectivity index (χ1n) is 4.92. The lowest BCUT2D eigenvalue weighted by atomic mass is 10.2. The summed E-state index contributed by atoms with van der Waals surface area (Å²) in [6.07, 6.45) is 0. The van der Waals surface area contributed by atoms with Gasteiger partial charge < -0.3 is 9.84 Å². The van der Waals surface area contributed by atoms with Crippen LogP contribution in [0.5, 0.6) is 11.5 Å². The summed E-state index contributed by atoms with van der Waals surface area (Å²) >= 11 is 5.94. The van der Waals surface area contributed by atoms with Crippen molar-refractivity contribution in [1.82, 2.24) is 0 Å². The van der Waals surface area contributed by atoms with Gasteiger partial charge in [-0.25, -0.2) is 4.79 Å². The van der Waals surface area contributed by atoms with E-state index in [0.29, 0.717) is 11.5 Å². The lowest BCUT2D eigenvalue weighted by Crippen LogP contribution is -1.96. The highest BCUT2D eigenvalue weighted by atomic mass is 35.5. The number of carboxylic acid groups (broad SMARTS) is 1. The van der Waals surface area contributed by atoms with Crippen LogP contribution in [0.3, 0.4) is 0 Å². The van der Waals surface area contributed by atoms with Crippen molar-refractivity contribution in [3.63, 3.8) is 0 Å². The van der Waals surface area contributed by atoms with Crippen LogP contribution in [0, 0.1) is 0 Å². The van der Waals surface area contributed by atoms with Gasteiger partial charge in [-0.3, -0.25) is 0 Å². The highest BCUT2D eigenvalue weighted by molar-refractivity contribution is 6.32. The lowest BCUT2D eigenvalue weighted by molar-refractivity contribution is 0.0697. The molecule has 1 N–H and O–H groups in total. The van der Waals surface area contributed by atoms with Crippen LogP contribution >= 0.6 is 11.6 Å². The monoisotopic (exact) mass is 248 g/mol. The van der Waals surface area contributed by atoms with Crippen LogP contribution in [0.1, 0.15) is 10.4 Å². The summed E-state index contributed by atoms with van der Waals surface area (Å²) in [6, 6.07) is 13.5. The van der Waals surface area contributed by atoms with Crippen LogP contribution in [0.15, 0.2) is 48.5 Å². The van der Waals surface area contributed by atoms with Crippen LogP contribution in [0.2, 0.25) is 5.02 Å². The molecule has 0 spiro atoms. The first-order valence-corrected chi connectivity index (χ1v) is 5.30. The Morgan fingerprint density at radius 3 is 2.41 bits per heavy atom. The maximum atomic E-state index is 10.7. The zero-order chi connectivity index (χ0) is 12.3. The molecule has 2 aromatic rings. The molecule has 0 aliphatic heterocycles. The van der Waals surface area contributed by atoms with Gasteiger partial charge in [-0.05, 0) is 30.3 Å². The highest BCUT2D eigenvalue weighted by Gasteiger charge is 2.08. The third-order valence-electron chi connectivity index (χ3n) is 2.15. The number of halogens is 1. The van der Waals surface area contributed by atoms with Crippen molar-refractivity contribution in [2.45, 2.75) is 0 Å². The van der Waals surface area contributed by atoms with E-state index in [9.17, 15) is 4.79 Å². The van der Waals surface area contributed by atoms with E-state index in [2.05, 4.69) is 0 Å². The van der Waals surface area contributed by atoms with Gasteiger partial charge in [-0.2, -0.15) is 0 Å². The number of hydrogen-bond acceptors (Lipinski definition) is 2. The number of para-hydroxylation sites is 1. The van der Waals surface area contributed by atoms with Gasteiger partial charge in [-0.15, -0.1) is 0 Å². The molecule has 0 aliphatic carbocycles. The zero-order valence-corrected chi connectivity index (χ0v) is 9.52. The minimum absolute atomic E-state index is 0.135. The molecule has 0 heterocycles. The number of ether oxygens (including phenoxy) is 1. The molecule has 0 unspecified atom stereocenters. The Bertz CT molecular complexity index is 538. The van der Waals surface area contributed by atoms with Gasteiger partial charge in [-0.1, -0.05) is 29.8 Å². The van der Waals surface area contributed by atoms with Crippen LogP contribution < -0.4 is 4.74 Å². The fourth-order valence-corrected chi connectivity index (χ4v) is 1.55. The Labute approximate surface area is 103 Å². The molecule has 86 valence electrons. The normalized spacial score (nSPS) is 9.94. The van der Waals surface area contributed by atoms with Gasteiger partial charge in [0.2, 0.25) is 0 Å². The SMILES string of the molecule is O=C(O)c1ccc(Oc2ccccc2)c(Cl)c1. The predicted octanol–water partition coefficient (Wildman–Crippen LogP) is 3.83. The highest BCUT2D eigenvalue weighted by Crippen LogP contribution is 2.29. The van der Waals surface area contributed by atoms with Crippen molar-refractivity contribution in [3.8, 4) is 11.5 Å². The predicted molar refractivity (Wildman–Crippen MR) is 64.9 cm³/mol. The van der Waals surface area contributed by atoms with E-state index in [4.69, 9.17) is 21.4 Å². The number of carboxylic acids is 1. The van der Waals surface area contributed by atoms with Crippen molar-refractivity contribution in [1.29, 1.82) is 0 Å². The Morgan fingerprint density at radius 2 is 1.82 bits per heavy atom. The zero-order valence-electron chi connectivity index (χ0n) is 8.76. The molecule has 2 rings (SSSR count). The van der Waals surface area contributed by atoms with E-state index in [1.807, 2.05) is 18.2 Å². The van der Waals surface area contributed by atoms with Gasteiger partial charge in [0.1, 0.15) is 11.5 Å². The molecular formula is C13H9ClO3. The molecule has 0 saturated heterocycles. The van der Waals surface area contributed by atoms with E-state index < -0.39 is 5.97 Å². The summed E-state index contributed by atoms with van der Waals surface area (Å²) in [4.78, 5) is 10.7. The van der Waals surface area contributed by atoms with E-state index in [0.717, 1.165) is 0 Å². The van der Waals surface area contributed by atoms with E-state index in [1.165, 1.54) is 12.1 Å². The molecule has 0 atom stereocenters. The smallest absolute Gasteiger partial charge is 0.335 e. The molecule has 17 heavy (non-hydrogen) atoms. The summed E-state index contributed by atoms with van der Waals surface area (Å²) in [5, 5.41) is 9.06. The van der Waals surface area contributed by atoms with E-state index >= 15 is 0 Å². The molecule has 4 heteroatoms. The van der Waals surface area contributed by atoms with Crippen molar-refractivity contribution in [2.24, 2.45) is 0 Å². The summed E-state index contributed by atoms with van der Waals surface area (Å²) in [5.74, 6) is 0.0681. The van der Waals surface area contributed by atoms with Crippen molar-refractivity contribution < 1.29 is 14.6 Å². The number of rotatable bonds is 3. The Kier molecular flexibility index (Phi) is 3.30. The maximum absolute atomic E-state index is 10.7. The second-order valence-corrected chi connectivity index (χ2v) is 3.77. The summed E-state index contributed by atoms with van der Waals surface area (Å²) < 4.78 is 5.52. The second-order valence-electron chi connectivity index (χ2n) is 3.37. The average Bonchev–Trinajstić information content (AvgIpc) is 2.33. The molecule has 0 aliphatic rings. The van der Waals surface area contributed by atoms with Crippen LogP contribution in [0.4, 0.5) is 0 Å². The minimum atomic E-state index is -1.02. The van der Waals surface area contributed by atoms with Crippen LogP contribution in [-0.2, 0) is 0 Å². The average molecular weight is 249 g/mol. The largest absolute Gasteiger partial charge is 0.478 e. The van der Waals surface area contributed by atoms with Gasteiger partial charge in [0.05, 0.1) is 10.6 Å². The van der Waals surface area contributed by atoms with Crippen molar-refractivity contribution >= 4 is 17.6 Å². The van der Waals surface area contributed by atoms with Gasteiger partial charge in [0.15, 0.2) is 0 Å². The Morgan fingerprint density at radius 1 is 1.12 bits per heavy atom. The quantitative estimate of drug-likeness (QED) is 0.898. The standard InChI is InChI=1S/C13H9ClO3/c14-11-8-9(13(15)16)6-7-12(11)17-10-4-2-1-3-5-10/h1-8H,(H,15,16). The summed E-state index contributed by atoms with van der Waals surface area (Å²) in [5.41, 5.74) is 0.135. The molecule has 0 bridgehead atoms. The van der Waals surface area contributed by atoms with E-state index in [1.54, 1.807) is 18.2 Å². The van der Waals surface area contributed by atoms with Gasteiger partial charge >= 0.3 is 5.97 Å². The maximum Gasteiger partial charge on any atom is 0.335 e. The minimum Gasteiger partial charge on any atom is -0.478 e. The lowest BCUT2D eigenvalue weighted by Gasteiger charge is -2.07. The Hall–Kier alpha value is -2.00. The first kappa shape index (κ1) is 11.5. The molecule has 0 amide bonds. The first-order chi connectivity index (χ1) is 8.16. The van der Waals surface area contributed by atoms with Crippen LogP contribution in [-0.4, -0.2) is 11.1 Å². The van der Waals surface area contributed by atoms with Gasteiger partial charge in [0, 0.05) is 0 Å². The summed E-state index contributed by atoms with van der Waals surface area (Å²) in [7, 11) is 0. The number of hydrogen-bond donors (Lipinski definition) is 1. The Balaban J connectivity index is 2.26. The molecule has 2 aromatic carbocycles. The van der Waals surface area contributed by atoms with E-state index in [-0.39, 0.29) is 10.6 Å². The number of benzene rings is 2. The number of aromatic carboxylic acids is 1. The molecule has 0 aromatic heterocycles. The van der Waals surface area contributed by atoms with Gasteiger partial charge in [0.25, 0.3) is 0 Å². The molecule has 0 radical (unpaired) electrons.